The number of fused-ring (bicyclic) bond motifs is 1. The Bertz CT molecular complexity index is 1570. The van der Waals surface area contributed by atoms with Gasteiger partial charge >= 0.3 is 18.0 Å². The molecule has 1 unspecified atom stereocenters. The van der Waals surface area contributed by atoms with Crippen LogP contribution in [0.2, 0.25) is 0 Å². The molecule has 2 N–H and O–H groups in total. The summed E-state index contributed by atoms with van der Waals surface area (Å²) in [5, 5.41) is 4.61. The molecule has 0 aliphatic carbocycles. The van der Waals surface area contributed by atoms with Gasteiger partial charge in [-0.2, -0.15) is 22.0 Å². The minimum atomic E-state index is -6.05. The summed E-state index contributed by atoms with van der Waals surface area (Å²) in [5.41, 5.74) is 1.64. The first-order valence-electron chi connectivity index (χ1n) is 12.3. The first-order chi connectivity index (χ1) is 19.3. The molecule has 1 atom stereocenters. The van der Waals surface area contributed by atoms with Crippen LogP contribution in [-0.4, -0.2) is 46.3 Å². The van der Waals surface area contributed by atoms with E-state index < -0.39 is 30.0 Å². The Hall–Kier alpha value is -4.74. The van der Waals surface area contributed by atoms with E-state index in [1.54, 1.807) is 49.7 Å². The topological polar surface area (TPSA) is 83.4 Å². The number of aromatic nitrogens is 1. The molecule has 7 nitrogen and oxygen atoms in total. The zero-order valence-corrected chi connectivity index (χ0v) is 21.9. The molecule has 0 aliphatic heterocycles. The molecule has 0 spiro atoms. The summed E-state index contributed by atoms with van der Waals surface area (Å²) < 4.78 is 65.9. The van der Waals surface area contributed by atoms with E-state index in [0.717, 1.165) is 11.6 Å². The molecule has 4 rings (SSSR count). The highest BCUT2D eigenvalue weighted by Crippen LogP contribution is 2.36. The van der Waals surface area contributed by atoms with Gasteiger partial charge in [0.15, 0.2) is 0 Å². The lowest BCUT2D eigenvalue weighted by molar-refractivity contribution is -0.267. The summed E-state index contributed by atoms with van der Waals surface area (Å²) in [6.07, 6.45) is -6.05. The van der Waals surface area contributed by atoms with Gasteiger partial charge in [0.2, 0.25) is 5.91 Å². The SMILES string of the molecule is CN(Cc1ccccc1)C(=O)C(NC(=O)c1cc2cc(NC(=O)C(F)(F)C(F)(F)F)ccc2n1C)c1ccccc1. The highest BCUT2D eigenvalue weighted by Gasteiger charge is 2.63. The zero-order chi connectivity index (χ0) is 29.9. The molecule has 0 aliphatic rings. The van der Waals surface area contributed by atoms with Crippen molar-refractivity contribution < 1.29 is 36.3 Å². The molecule has 0 radical (unpaired) electrons. The van der Waals surface area contributed by atoms with E-state index in [9.17, 15) is 36.3 Å². The smallest absolute Gasteiger partial charge is 0.340 e. The van der Waals surface area contributed by atoms with Gasteiger partial charge in [0, 0.05) is 37.2 Å². The number of amides is 3. The lowest BCUT2D eigenvalue weighted by Gasteiger charge is -2.25. The number of hydrogen-bond donors (Lipinski definition) is 2. The van der Waals surface area contributed by atoms with Gasteiger partial charge in [0.05, 0.1) is 0 Å². The number of carbonyl (C=O) groups excluding carboxylic acids is 3. The average Bonchev–Trinajstić information content (AvgIpc) is 3.27. The molecule has 0 saturated carbocycles. The van der Waals surface area contributed by atoms with Crippen LogP contribution in [0.1, 0.15) is 27.7 Å². The molecular weight excluding hydrogens is 547 g/mol. The van der Waals surface area contributed by atoms with E-state index in [1.807, 2.05) is 30.3 Å². The van der Waals surface area contributed by atoms with Crippen LogP contribution in [0.5, 0.6) is 0 Å². The largest absolute Gasteiger partial charge is 0.463 e. The van der Waals surface area contributed by atoms with Crippen LogP contribution >= 0.6 is 0 Å². The first-order valence-corrected chi connectivity index (χ1v) is 12.3. The molecule has 3 amide bonds. The number of likely N-dealkylation sites (N-methyl/N-ethyl adjacent to an activating group) is 1. The fourth-order valence-electron chi connectivity index (χ4n) is 4.28. The lowest BCUT2D eigenvalue weighted by atomic mass is 10.0. The van der Waals surface area contributed by atoms with Gasteiger partial charge in [-0.1, -0.05) is 60.7 Å². The summed E-state index contributed by atoms with van der Waals surface area (Å²) in [7, 11) is 3.17. The van der Waals surface area contributed by atoms with Crippen LogP contribution in [0, 0.1) is 0 Å². The number of halogens is 5. The molecule has 4 aromatic rings. The van der Waals surface area contributed by atoms with Gasteiger partial charge in [0.25, 0.3) is 5.91 Å². The minimum absolute atomic E-state index is 0.0866. The fraction of sp³-hybridized carbons (Fsp3) is 0.207. The van der Waals surface area contributed by atoms with Crippen molar-refractivity contribution in [2.24, 2.45) is 7.05 Å². The van der Waals surface area contributed by atoms with Crippen LogP contribution in [0.4, 0.5) is 27.6 Å². The Morgan fingerprint density at radius 3 is 2.10 bits per heavy atom. The molecule has 0 fully saturated rings. The number of aryl methyl sites for hydroxylation is 1. The lowest BCUT2D eigenvalue weighted by Crippen LogP contribution is -2.47. The van der Waals surface area contributed by atoms with Gasteiger partial charge in [0.1, 0.15) is 11.7 Å². The standard InChI is InChI=1S/C29H25F5N4O3/c1-37(17-18-9-5-3-6-10-18)26(40)24(19-11-7-4-8-12-19)36-25(39)23-16-20-15-21(13-14-22(20)38(23)2)35-27(41)28(30,31)29(32,33)34/h3-16,24H,17H2,1-2H3,(H,35,41)(H,36,39). The number of benzene rings is 3. The number of alkyl halides is 5. The summed E-state index contributed by atoms with van der Waals surface area (Å²) in [4.78, 5) is 40.0. The number of nitrogens with one attached hydrogen (secondary N) is 2. The van der Waals surface area contributed by atoms with Crippen molar-refractivity contribution in [1.82, 2.24) is 14.8 Å². The summed E-state index contributed by atoms with van der Waals surface area (Å²) >= 11 is 0. The maximum absolute atomic E-state index is 13.5. The molecule has 12 heteroatoms. The number of hydrogen-bond acceptors (Lipinski definition) is 3. The third kappa shape index (κ3) is 6.21. The van der Waals surface area contributed by atoms with Crippen LogP contribution in [0.3, 0.4) is 0 Å². The second-order valence-corrected chi connectivity index (χ2v) is 9.39. The Balaban J connectivity index is 1.58. The number of rotatable bonds is 8. The predicted octanol–water partition coefficient (Wildman–Crippen LogP) is 5.44. The molecule has 0 saturated heterocycles. The predicted molar refractivity (Wildman–Crippen MR) is 142 cm³/mol. The summed E-state index contributed by atoms with van der Waals surface area (Å²) in [6.45, 7) is 0.300. The molecular formula is C29H25F5N4O3. The van der Waals surface area contributed by atoms with Gasteiger partial charge in [-0.25, -0.2) is 0 Å². The van der Waals surface area contributed by atoms with Gasteiger partial charge in [-0.15, -0.1) is 0 Å². The van der Waals surface area contributed by atoms with Crippen molar-refractivity contribution in [1.29, 1.82) is 0 Å². The Morgan fingerprint density at radius 2 is 1.49 bits per heavy atom. The third-order valence-electron chi connectivity index (χ3n) is 6.47. The Labute approximate surface area is 231 Å². The number of nitrogens with zero attached hydrogens (tertiary/aromatic N) is 2. The van der Waals surface area contributed by atoms with E-state index in [2.05, 4.69) is 5.32 Å². The molecule has 3 aromatic carbocycles. The van der Waals surface area contributed by atoms with E-state index in [0.29, 0.717) is 17.6 Å². The summed E-state index contributed by atoms with van der Waals surface area (Å²) in [6, 6.07) is 21.9. The third-order valence-corrected chi connectivity index (χ3v) is 6.47. The maximum atomic E-state index is 13.5. The van der Waals surface area contributed by atoms with Crippen LogP contribution in [0.25, 0.3) is 10.9 Å². The van der Waals surface area contributed by atoms with Crippen molar-refractivity contribution >= 4 is 34.3 Å². The van der Waals surface area contributed by atoms with Gasteiger partial charge in [-0.3, -0.25) is 14.4 Å². The normalized spacial score (nSPS) is 12.6. The highest BCUT2D eigenvalue weighted by molar-refractivity contribution is 6.03. The number of anilines is 1. The monoisotopic (exact) mass is 572 g/mol. The zero-order valence-electron chi connectivity index (χ0n) is 21.9. The van der Waals surface area contributed by atoms with Crippen molar-refractivity contribution in [3.8, 4) is 0 Å². The Morgan fingerprint density at radius 1 is 0.878 bits per heavy atom. The van der Waals surface area contributed by atoms with E-state index in [1.165, 1.54) is 27.7 Å². The Kier molecular flexibility index (Phi) is 8.13. The molecule has 41 heavy (non-hydrogen) atoms. The van der Waals surface area contributed by atoms with Crippen molar-refractivity contribution in [3.05, 3.63) is 102 Å². The maximum Gasteiger partial charge on any atom is 0.463 e. The van der Waals surface area contributed by atoms with Crippen LogP contribution in [0.15, 0.2) is 84.9 Å². The summed E-state index contributed by atoms with van der Waals surface area (Å²) in [5.74, 6) is -9.12. The second kappa shape index (κ2) is 11.4. The molecule has 1 heterocycles. The van der Waals surface area contributed by atoms with E-state index in [-0.39, 0.29) is 22.7 Å². The highest BCUT2D eigenvalue weighted by atomic mass is 19.4. The fourth-order valence-corrected chi connectivity index (χ4v) is 4.28. The number of carbonyl (C=O) groups is 3. The quantitative estimate of drug-likeness (QED) is 0.276. The first kappa shape index (κ1) is 29.2. The van der Waals surface area contributed by atoms with Crippen molar-refractivity contribution in [2.45, 2.75) is 24.7 Å². The second-order valence-electron chi connectivity index (χ2n) is 9.39. The van der Waals surface area contributed by atoms with Gasteiger partial charge in [-0.05, 0) is 35.4 Å². The van der Waals surface area contributed by atoms with Crippen LogP contribution in [-0.2, 0) is 23.2 Å². The van der Waals surface area contributed by atoms with Gasteiger partial charge < -0.3 is 20.1 Å². The van der Waals surface area contributed by atoms with Crippen LogP contribution < -0.4 is 10.6 Å². The molecule has 0 bridgehead atoms. The van der Waals surface area contributed by atoms with Crippen molar-refractivity contribution in [3.63, 3.8) is 0 Å². The van der Waals surface area contributed by atoms with Crippen molar-refractivity contribution in [2.75, 3.05) is 12.4 Å². The van der Waals surface area contributed by atoms with E-state index >= 15 is 0 Å². The molecule has 214 valence electrons. The minimum Gasteiger partial charge on any atom is -0.340 e. The van der Waals surface area contributed by atoms with E-state index in [4.69, 9.17) is 0 Å². The molecule has 1 aromatic heterocycles. The average molecular weight is 573 g/mol.